The molecule has 0 atom stereocenters. The Morgan fingerprint density at radius 2 is 1.78 bits per heavy atom. The van der Waals surface area contributed by atoms with E-state index in [1.165, 1.54) is 25.3 Å². The Balaban J connectivity index is 1.45. The Kier molecular flexibility index (Phi) is 6.34. The highest BCUT2D eigenvalue weighted by molar-refractivity contribution is 9.10. The second-order valence-corrected chi connectivity index (χ2v) is 8.65. The van der Waals surface area contributed by atoms with Gasteiger partial charge in [-0.2, -0.15) is 0 Å². The molecule has 10 heteroatoms. The third-order valence-corrected chi connectivity index (χ3v) is 6.22. The van der Waals surface area contributed by atoms with E-state index < -0.39 is 17.8 Å². The molecule has 182 valence electrons. The lowest BCUT2D eigenvalue weighted by atomic mass is 10.1. The number of fused-ring (bicyclic) bond motifs is 1. The lowest BCUT2D eigenvalue weighted by Crippen LogP contribution is -2.54. The minimum Gasteiger partial charge on any atom is -0.493 e. The van der Waals surface area contributed by atoms with Crippen molar-refractivity contribution in [3.63, 3.8) is 0 Å². The minimum absolute atomic E-state index is 0.0451. The van der Waals surface area contributed by atoms with Crippen molar-refractivity contribution in [2.75, 3.05) is 18.8 Å². The van der Waals surface area contributed by atoms with Crippen LogP contribution in [0, 0.1) is 0 Å². The Morgan fingerprint density at radius 1 is 1.00 bits per heavy atom. The zero-order valence-electron chi connectivity index (χ0n) is 18.9. The SMILES string of the molecule is COc1cc(/C=C2\C(=O)NC(=O)N(c3ccc4c(c3)OCO4)C2=O)c(Br)cc1OCc1ccccc1. The summed E-state index contributed by atoms with van der Waals surface area (Å²) in [5, 5.41) is 2.21. The summed E-state index contributed by atoms with van der Waals surface area (Å²) in [5.41, 5.74) is 1.48. The van der Waals surface area contributed by atoms with E-state index in [0.29, 0.717) is 39.6 Å². The molecule has 0 aromatic heterocycles. The zero-order chi connectivity index (χ0) is 25.2. The third kappa shape index (κ3) is 4.50. The predicted molar refractivity (Wildman–Crippen MR) is 133 cm³/mol. The Bertz CT molecular complexity index is 1400. The third-order valence-electron chi connectivity index (χ3n) is 5.54. The molecule has 3 aromatic rings. The topological polar surface area (TPSA) is 103 Å². The van der Waals surface area contributed by atoms with Crippen LogP contribution in [0.2, 0.25) is 0 Å². The summed E-state index contributed by atoms with van der Waals surface area (Å²) in [6, 6.07) is 16.8. The number of hydrogen-bond acceptors (Lipinski definition) is 7. The first-order valence-corrected chi connectivity index (χ1v) is 11.6. The van der Waals surface area contributed by atoms with Crippen molar-refractivity contribution in [2.24, 2.45) is 0 Å². The lowest BCUT2D eigenvalue weighted by Gasteiger charge is -2.26. The van der Waals surface area contributed by atoms with E-state index in [1.54, 1.807) is 18.2 Å². The highest BCUT2D eigenvalue weighted by atomic mass is 79.9. The highest BCUT2D eigenvalue weighted by Crippen LogP contribution is 2.38. The summed E-state index contributed by atoms with van der Waals surface area (Å²) in [4.78, 5) is 39.3. The van der Waals surface area contributed by atoms with Gasteiger partial charge in [-0.1, -0.05) is 46.3 Å². The van der Waals surface area contributed by atoms with Crippen LogP contribution in [0.3, 0.4) is 0 Å². The number of imide groups is 2. The van der Waals surface area contributed by atoms with Crippen molar-refractivity contribution in [2.45, 2.75) is 6.61 Å². The van der Waals surface area contributed by atoms with Crippen molar-refractivity contribution in [3.05, 3.63) is 81.8 Å². The predicted octanol–water partition coefficient (Wildman–Crippen LogP) is 4.43. The molecule has 0 bridgehead atoms. The number of nitrogens with one attached hydrogen (secondary N) is 1. The standard InChI is InChI=1S/C26H19BrN2O7/c1-33-21-10-16(19(27)12-23(21)34-13-15-5-3-2-4-6-15)9-18-24(30)28-26(32)29(25(18)31)17-7-8-20-22(11-17)36-14-35-20/h2-12H,13-14H2,1H3,(H,28,30,32)/b18-9+. The Morgan fingerprint density at radius 3 is 2.56 bits per heavy atom. The first-order chi connectivity index (χ1) is 17.4. The Labute approximate surface area is 214 Å². The number of barbiturate groups is 1. The normalized spacial score (nSPS) is 15.8. The van der Waals surface area contributed by atoms with Gasteiger partial charge in [0.2, 0.25) is 6.79 Å². The van der Waals surface area contributed by atoms with Crippen LogP contribution in [0.5, 0.6) is 23.0 Å². The van der Waals surface area contributed by atoms with Gasteiger partial charge in [0, 0.05) is 10.5 Å². The van der Waals surface area contributed by atoms with Gasteiger partial charge in [0.1, 0.15) is 12.2 Å². The molecule has 9 nitrogen and oxygen atoms in total. The van der Waals surface area contributed by atoms with Gasteiger partial charge >= 0.3 is 6.03 Å². The fraction of sp³-hybridized carbons (Fsp3) is 0.115. The molecule has 0 aliphatic carbocycles. The van der Waals surface area contributed by atoms with Crippen molar-refractivity contribution in [1.82, 2.24) is 5.32 Å². The molecule has 36 heavy (non-hydrogen) atoms. The number of rotatable bonds is 6. The maximum atomic E-state index is 13.3. The van der Waals surface area contributed by atoms with E-state index in [-0.39, 0.29) is 18.1 Å². The zero-order valence-corrected chi connectivity index (χ0v) is 20.5. The number of amides is 4. The molecule has 1 saturated heterocycles. The van der Waals surface area contributed by atoms with E-state index in [1.807, 2.05) is 30.3 Å². The van der Waals surface area contributed by atoms with Gasteiger partial charge < -0.3 is 18.9 Å². The molecule has 3 aromatic carbocycles. The number of benzene rings is 3. The second-order valence-electron chi connectivity index (χ2n) is 7.79. The summed E-state index contributed by atoms with van der Waals surface area (Å²) in [6.07, 6.45) is 1.39. The van der Waals surface area contributed by atoms with Gasteiger partial charge in [0.15, 0.2) is 23.0 Å². The molecule has 2 aliphatic heterocycles. The number of urea groups is 1. The maximum absolute atomic E-state index is 13.3. The quantitative estimate of drug-likeness (QED) is 0.357. The van der Waals surface area contributed by atoms with E-state index in [9.17, 15) is 14.4 Å². The van der Waals surface area contributed by atoms with E-state index in [2.05, 4.69) is 21.2 Å². The summed E-state index contributed by atoms with van der Waals surface area (Å²) < 4.78 is 22.6. The average molecular weight is 551 g/mol. The van der Waals surface area contributed by atoms with Gasteiger partial charge in [0.25, 0.3) is 11.8 Å². The van der Waals surface area contributed by atoms with Gasteiger partial charge in [-0.15, -0.1) is 0 Å². The molecule has 0 radical (unpaired) electrons. The molecule has 0 unspecified atom stereocenters. The number of nitrogens with zero attached hydrogens (tertiary/aromatic N) is 1. The molecule has 1 fully saturated rings. The maximum Gasteiger partial charge on any atom is 0.335 e. The lowest BCUT2D eigenvalue weighted by molar-refractivity contribution is -0.122. The molecule has 5 rings (SSSR count). The van der Waals surface area contributed by atoms with Crippen molar-refractivity contribution in [1.29, 1.82) is 0 Å². The molecule has 4 amide bonds. The van der Waals surface area contributed by atoms with Gasteiger partial charge in [0.05, 0.1) is 12.8 Å². The minimum atomic E-state index is -0.859. The second kappa shape index (κ2) is 9.74. The van der Waals surface area contributed by atoms with Crippen molar-refractivity contribution in [3.8, 4) is 23.0 Å². The molecule has 1 N–H and O–H groups in total. The van der Waals surface area contributed by atoms with Crippen molar-refractivity contribution < 1.29 is 33.3 Å². The number of carbonyl (C=O) groups excluding carboxylic acids is 3. The van der Waals surface area contributed by atoms with Gasteiger partial charge in [-0.3, -0.25) is 14.9 Å². The van der Waals surface area contributed by atoms with Crippen LogP contribution < -0.4 is 29.2 Å². The van der Waals surface area contributed by atoms with Crippen molar-refractivity contribution >= 4 is 45.5 Å². The summed E-state index contributed by atoms with van der Waals surface area (Å²) in [7, 11) is 1.49. The number of methoxy groups -OCH3 is 1. The largest absolute Gasteiger partial charge is 0.493 e. The fourth-order valence-electron chi connectivity index (χ4n) is 3.74. The number of hydrogen-bond donors (Lipinski definition) is 1. The average Bonchev–Trinajstić information content (AvgIpc) is 3.35. The summed E-state index contributed by atoms with van der Waals surface area (Å²) in [6.45, 7) is 0.376. The summed E-state index contributed by atoms with van der Waals surface area (Å²) >= 11 is 3.48. The molecular weight excluding hydrogens is 532 g/mol. The molecule has 2 aliphatic rings. The van der Waals surface area contributed by atoms with Crippen LogP contribution in [0.4, 0.5) is 10.5 Å². The molecular formula is C26H19BrN2O7. The van der Waals surface area contributed by atoms with Crippen LogP contribution >= 0.6 is 15.9 Å². The highest BCUT2D eigenvalue weighted by Gasteiger charge is 2.37. The number of carbonyl (C=O) groups is 3. The van der Waals surface area contributed by atoms with E-state index >= 15 is 0 Å². The molecule has 0 saturated carbocycles. The first-order valence-electron chi connectivity index (χ1n) is 10.8. The van der Waals surface area contributed by atoms with Crippen LogP contribution in [-0.4, -0.2) is 31.7 Å². The van der Waals surface area contributed by atoms with Crippen LogP contribution in [-0.2, 0) is 16.2 Å². The molecule has 2 heterocycles. The molecule has 0 spiro atoms. The van der Waals surface area contributed by atoms with Crippen LogP contribution in [0.15, 0.2) is 70.7 Å². The van der Waals surface area contributed by atoms with Crippen LogP contribution in [0.1, 0.15) is 11.1 Å². The fourth-order valence-corrected chi connectivity index (χ4v) is 4.18. The van der Waals surface area contributed by atoms with Crippen LogP contribution in [0.25, 0.3) is 6.08 Å². The van der Waals surface area contributed by atoms with Gasteiger partial charge in [-0.05, 0) is 41.5 Å². The van der Waals surface area contributed by atoms with Gasteiger partial charge in [-0.25, -0.2) is 9.69 Å². The number of halogens is 1. The number of ether oxygens (including phenoxy) is 4. The summed E-state index contributed by atoms with van der Waals surface area (Å²) in [5.74, 6) is 0.200. The monoisotopic (exact) mass is 550 g/mol. The smallest absolute Gasteiger partial charge is 0.335 e. The first kappa shape index (κ1) is 23.4. The van der Waals surface area contributed by atoms with E-state index in [0.717, 1.165) is 10.5 Å². The van der Waals surface area contributed by atoms with E-state index in [4.69, 9.17) is 18.9 Å². The Hall–Kier alpha value is -4.31. The number of anilines is 1.